The van der Waals surface area contributed by atoms with Crippen LogP contribution in [-0.4, -0.2) is 36.2 Å². The summed E-state index contributed by atoms with van der Waals surface area (Å²) in [4.78, 5) is 22.4. The molecule has 21 heavy (non-hydrogen) atoms. The van der Waals surface area contributed by atoms with E-state index in [0.29, 0.717) is 23.9 Å². The van der Waals surface area contributed by atoms with E-state index in [0.717, 1.165) is 13.0 Å². The first-order valence-corrected chi connectivity index (χ1v) is 6.96. The highest BCUT2D eigenvalue weighted by Crippen LogP contribution is 2.23. The highest BCUT2D eigenvalue weighted by molar-refractivity contribution is 5.92. The van der Waals surface area contributed by atoms with Gasteiger partial charge in [0.1, 0.15) is 5.75 Å². The summed E-state index contributed by atoms with van der Waals surface area (Å²) >= 11 is 0. The van der Waals surface area contributed by atoms with Gasteiger partial charge in [0.15, 0.2) is 6.61 Å². The minimum absolute atomic E-state index is 0.119. The monoisotopic (exact) mass is 294 g/mol. The van der Waals surface area contributed by atoms with Gasteiger partial charge in [0.2, 0.25) is 5.91 Å². The van der Waals surface area contributed by atoms with Gasteiger partial charge in [-0.25, -0.2) is 4.79 Å². The lowest BCUT2D eigenvalue weighted by Gasteiger charge is -2.11. The zero-order chi connectivity index (χ0) is 15.7. The van der Waals surface area contributed by atoms with Crippen LogP contribution in [0.2, 0.25) is 0 Å². The fraction of sp³-hybridized carbons (Fsp3) is 0.467. The molecule has 0 aliphatic carbocycles. The Kier molecular flexibility index (Phi) is 7.25. The van der Waals surface area contributed by atoms with Crippen LogP contribution in [0.3, 0.4) is 0 Å². The first-order valence-electron chi connectivity index (χ1n) is 6.96. The molecule has 0 aliphatic heterocycles. The van der Waals surface area contributed by atoms with Gasteiger partial charge in [-0.1, -0.05) is 26.0 Å². The topological polar surface area (TPSA) is 87.7 Å². The maximum absolute atomic E-state index is 11.8. The molecule has 0 bridgehead atoms. The summed E-state index contributed by atoms with van der Waals surface area (Å²) in [5, 5.41) is 14.6. The zero-order valence-electron chi connectivity index (χ0n) is 12.4. The molecule has 1 aromatic rings. The normalized spacial score (nSPS) is 10.4. The number of benzene rings is 1. The zero-order valence-corrected chi connectivity index (χ0v) is 12.4. The fourth-order valence-corrected chi connectivity index (χ4v) is 1.69. The SMILES string of the molecule is CC(C)NCCCC(=O)Nc1ccccc1OCC(=O)O. The molecular weight excluding hydrogens is 272 g/mol. The molecule has 1 amide bonds. The van der Waals surface area contributed by atoms with Crippen LogP contribution in [0.25, 0.3) is 0 Å². The highest BCUT2D eigenvalue weighted by Gasteiger charge is 2.08. The van der Waals surface area contributed by atoms with Crippen molar-refractivity contribution in [2.45, 2.75) is 32.7 Å². The second-order valence-electron chi connectivity index (χ2n) is 4.94. The van der Waals surface area contributed by atoms with Crippen LogP contribution >= 0.6 is 0 Å². The summed E-state index contributed by atoms with van der Waals surface area (Å²) in [6, 6.07) is 7.18. The van der Waals surface area contributed by atoms with E-state index in [2.05, 4.69) is 24.5 Å². The largest absolute Gasteiger partial charge is 0.480 e. The van der Waals surface area contributed by atoms with Crippen LogP contribution < -0.4 is 15.4 Å². The van der Waals surface area contributed by atoms with Crippen molar-refractivity contribution in [1.82, 2.24) is 5.32 Å². The number of aliphatic carboxylic acids is 1. The molecule has 116 valence electrons. The van der Waals surface area contributed by atoms with Crippen molar-refractivity contribution < 1.29 is 19.4 Å². The number of para-hydroxylation sites is 2. The van der Waals surface area contributed by atoms with Gasteiger partial charge in [-0.2, -0.15) is 0 Å². The van der Waals surface area contributed by atoms with E-state index >= 15 is 0 Å². The predicted octanol–water partition coefficient (Wildman–Crippen LogP) is 1.87. The second kappa shape index (κ2) is 8.97. The van der Waals surface area contributed by atoms with Gasteiger partial charge in [-0.05, 0) is 25.1 Å². The van der Waals surface area contributed by atoms with Crippen LogP contribution in [0.5, 0.6) is 5.75 Å². The molecule has 6 heteroatoms. The number of amides is 1. The van der Waals surface area contributed by atoms with E-state index in [9.17, 15) is 9.59 Å². The van der Waals surface area contributed by atoms with Crippen LogP contribution in [0.1, 0.15) is 26.7 Å². The third-order valence-electron chi connectivity index (χ3n) is 2.65. The Hall–Kier alpha value is -2.08. The van der Waals surface area contributed by atoms with E-state index in [1.165, 1.54) is 0 Å². The number of carbonyl (C=O) groups is 2. The molecule has 0 spiro atoms. The number of carboxylic acids is 1. The minimum atomic E-state index is -1.06. The van der Waals surface area contributed by atoms with Gasteiger partial charge in [0.05, 0.1) is 5.69 Å². The van der Waals surface area contributed by atoms with Crippen molar-refractivity contribution in [2.75, 3.05) is 18.5 Å². The molecule has 0 saturated heterocycles. The molecule has 1 aromatic carbocycles. The number of hydrogen-bond donors (Lipinski definition) is 3. The van der Waals surface area contributed by atoms with Gasteiger partial charge in [-0.15, -0.1) is 0 Å². The number of carboxylic acid groups (broad SMARTS) is 1. The molecule has 0 aromatic heterocycles. The average molecular weight is 294 g/mol. The lowest BCUT2D eigenvalue weighted by Crippen LogP contribution is -2.24. The minimum Gasteiger partial charge on any atom is -0.480 e. The van der Waals surface area contributed by atoms with E-state index < -0.39 is 12.6 Å². The highest BCUT2D eigenvalue weighted by atomic mass is 16.5. The van der Waals surface area contributed by atoms with Crippen LogP contribution in [-0.2, 0) is 9.59 Å². The quantitative estimate of drug-likeness (QED) is 0.605. The molecule has 0 fully saturated rings. The molecule has 3 N–H and O–H groups in total. The standard InChI is InChI=1S/C15H22N2O4/c1-11(2)16-9-5-8-14(18)17-12-6-3-4-7-13(12)21-10-15(19)20/h3-4,6-7,11,16H,5,8-10H2,1-2H3,(H,17,18)(H,19,20). The molecule has 0 heterocycles. The van der Waals surface area contributed by atoms with Crippen LogP contribution in [0.15, 0.2) is 24.3 Å². The molecule has 0 atom stereocenters. The third-order valence-corrected chi connectivity index (χ3v) is 2.65. The number of nitrogens with one attached hydrogen (secondary N) is 2. The number of hydrogen-bond acceptors (Lipinski definition) is 4. The summed E-state index contributed by atoms with van der Waals surface area (Å²) < 4.78 is 5.13. The Balaban J connectivity index is 2.46. The van der Waals surface area contributed by atoms with Crippen molar-refractivity contribution in [3.63, 3.8) is 0 Å². The lowest BCUT2D eigenvalue weighted by molar-refractivity contribution is -0.139. The summed E-state index contributed by atoms with van der Waals surface area (Å²) in [5.74, 6) is -0.823. The average Bonchev–Trinajstić information content (AvgIpc) is 2.42. The summed E-state index contributed by atoms with van der Waals surface area (Å²) in [5.41, 5.74) is 0.487. The van der Waals surface area contributed by atoms with Crippen molar-refractivity contribution in [3.05, 3.63) is 24.3 Å². The summed E-state index contributed by atoms with van der Waals surface area (Å²) in [6.45, 7) is 4.44. The van der Waals surface area contributed by atoms with Gasteiger partial charge < -0.3 is 20.5 Å². The van der Waals surface area contributed by atoms with Crippen LogP contribution in [0, 0.1) is 0 Å². The number of carbonyl (C=O) groups excluding carboxylic acids is 1. The van der Waals surface area contributed by atoms with Gasteiger partial charge >= 0.3 is 5.97 Å². The molecule has 1 rings (SSSR count). The van der Waals surface area contributed by atoms with Gasteiger partial charge in [-0.3, -0.25) is 4.79 Å². The predicted molar refractivity (Wildman–Crippen MR) is 80.6 cm³/mol. The molecular formula is C15H22N2O4. The molecule has 0 aliphatic rings. The molecule has 6 nitrogen and oxygen atoms in total. The number of ether oxygens (including phenoxy) is 1. The first kappa shape index (κ1) is 17.0. The van der Waals surface area contributed by atoms with E-state index in [-0.39, 0.29) is 5.91 Å². The summed E-state index contributed by atoms with van der Waals surface area (Å²) in [6.07, 6.45) is 1.13. The fourth-order valence-electron chi connectivity index (χ4n) is 1.69. The Bertz CT molecular complexity index is 474. The Morgan fingerprint density at radius 3 is 2.67 bits per heavy atom. The smallest absolute Gasteiger partial charge is 0.341 e. The van der Waals surface area contributed by atoms with Crippen molar-refractivity contribution in [1.29, 1.82) is 0 Å². The van der Waals surface area contributed by atoms with Gasteiger partial charge in [0, 0.05) is 12.5 Å². The molecule has 0 unspecified atom stereocenters. The Morgan fingerprint density at radius 1 is 1.29 bits per heavy atom. The number of rotatable bonds is 9. The summed E-state index contributed by atoms with van der Waals surface area (Å²) in [7, 11) is 0. The van der Waals surface area contributed by atoms with Gasteiger partial charge in [0.25, 0.3) is 0 Å². The van der Waals surface area contributed by atoms with E-state index in [4.69, 9.17) is 9.84 Å². The third kappa shape index (κ3) is 7.31. The van der Waals surface area contributed by atoms with Crippen molar-refractivity contribution in [3.8, 4) is 5.75 Å². The number of anilines is 1. The van der Waals surface area contributed by atoms with E-state index in [1.54, 1.807) is 24.3 Å². The molecule has 0 saturated carbocycles. The second-order valence-corrected chi connectivity index (χ2v) is 4.94. The lowest BCUT2D eigenvalue weighted by atomic mass is 10.2. The maximum Gasteiger partial charge on any atom is 0.341 e. The van der Waals surface area contributed by atoms with Crippen LogP contribution in [0.4, 0.5) is 5.69 Å². The molecule has 0 radical (unpaired) electrons. The van der Waals surface area contributed by atoms with Crippen molar-refractivity contribution in [2.24, 2.45) is 0 Å². The Labute approximate surface area is 124 Å². The van der Waals surface area contributed by atoms with Crippen molar-refractivity contribution >= 4 is 17.6 Å². The maximum atomic E-state index is 11.8. The first-order chi connectivity index (χ1) is 9.99. The van der Waals surface area contributed by atoms with E-state index in [1.807, 2.05) is 0 Å². The Morgan fingerprint density at radius 2 is 2.00 bits per heavy atom.